The molecule has 0 radical (unpaired) electrons. The van der Waals surface area contributed by atoms with Crippen molar-refractivity contribution in [1.82, 2.24) is 4.57 Å². The van der Waals surface area contributed by atoms with Gasteiger partial charge in [-0.2, -0.15) is 0 Å². The third kappa shape index (κ3) is 6.02. The molecule has 11 rings (SSSR count). The molecule has 0 saturated heterocycles. The first kappa shape index (κ1) is 35.3. The number of allylic oxidation sites excluding steroid dienone is 5. The SMILES string of the molecule is CC1(C)c2cc(-c3cccc(-n4c5c(c6ccccc64)CCC=C5)c3)ccc2-c2ccc(N(c3ccc(C4=CCCC=C4)cc3)c3ccc(-c4ccccc4)cc3)cc21. The average Bonchev–Trinajstić information content (AvgIpc) is 3.75. The van der Waals surface area contributed by atoms with Crippen molar-refractivity contribution in [2.75, 3.05) is 4.90 Å². The van der Waals surface area contributed by atoms with Crippen molar-refractivity contribution < 1.29 is 0 Å². The van der Waals surface area contributed by atoms with Gasteiger partial charge in [0.25, 0.3) is 0 Å². The Morgan fingerprint density at radius 3 is 1.90 bits per heavy atom. The predicted molar refractivity (Wildman–Crippen MR) is 250 cm³/mol. The van der Waals surface area contributed by atoms with Crippen LogP contribution in [0.15, 0.2) is 188 Å². The van der Waals surface area contributed by atoms with Gasteiger partial charge in [0.15, 0.2) is 0 Å². The fourth-order valence-electron chi connectivity index (χ4n) is 9.85. The fourth-order valence-corrected chi connectivity index (χ4v) is 9.85. The van der Waals surface area contributed by atoms with E-state index >= 15 is 0 Å². The summed E-state index contributed by atoms with van der Waals surface area (Å²) in [5.74, 6) is 0. The summed E-state index contributed by atoms with van der Waals surface area (Å²) in [4.78, 5) is 2.42. The van der Waals surface area contributed by atoms with Gasteiger partial charge in [0.05, 0.1) is 5.52 Å². The standard InChI is InChI=1S/C57H46N2/c1-57(2)53-37-44(43-18-13-19-47(36-43)59-55-22-11-9-20-51(55)52-21-10-12-23-56(52)59)28-34-49(53)50-35-33-48(38-54(50)57)58(45-29-24-41(25-30-45)39-14-5-3-6-15-39)46-31-26-42(27-32-46)40-16-7-4-8-17-40/h3,5-7,9,11-20,22-38H,4,8,10,21H2,1-2H3. The Hall–Kier alpha value is -6.90. The minimum absolute atomic E-state index is 0.193. The minimum Gasteiger partial charge on any atom is -0.310 e. The summed E-state index contributed by atoms with van der Waals surface area (Å²) < 4.78 is 2.46. The number of hydrogen-bond acceptors (Lipinski definition) is 1. The first-order chi connectivity index (χ1) is 29.0. The highest BCUT2D eigenvalue weighted by Crippen LogP contribution is 2.52. The van der Waals surface area contributed by atoms with E-state index in [4.69, 9.17) is 0 Å². The Kier molecular flexibility index (Phi) is 8.48. The lowest BCUT2D eigenvalue weighted by molar-refractivity contribution is 0.660. The van der Waals surface area contributed by atoms with E-state index in [0.717, 1.165) is 42.7 Å². The number of aryl methyl sites for hydroxylation is 1. The van der Waals surface area contributed by atoms with Crippen molar-refractivity contribution in [3.63, 3.8) is 0 Å². The van der Waals surface area contributed by atoms with Crippen molar-refractivity contribution in [1.29, 1.82) is 0 Å². The molecular formula is C57H46N2. The highest BCUT2D eigenvalue weighted by molar-refractivity contribution is 5.92. The summed E-state index contributed by atoms with van der Waals surface area (Å²) in [6, 6.07) is 61.0. The molecule has 0 atom stereocenters. The Balaban J connectivity index is 0.968. The van der Waals surface area contributed by atoms with Gasteiger partial charge in [-0.25, -0.2) is 0 Å². The quantitative estimate of drug-likeness (QED) is 0.157. The third-order valence-electron chi connectivity index (χ3n) is 12.9. The van der Waals surface area contributed by atoms with E-state index in [1.54, 1.807) is 0 Å². The van der Waals surface area contributed by atoms with Crippen LogP contribution in [0.25, 0.3) is 61.6 Å². The Morgan fingerprint density at radius 1 is 0.492 bits per heavy atom. The van der Waals surface area contributed by atoms with Crippen LogP contribution in [0.3, 0.4) is 0 Å². The lowest BCUT2D eigenvalue weighted by atomic mass is 9.81. The number of hydrogen-bond donors (Lipinski definition) is 0. The zero-order chi connectivity index (χ0) is 39.5. The van der Waals surface area contributed by atoms with Gasteiger partial charge in [-0.3, -0.25) is 0 Å². The van der Waals surface area contributed by atoms with Crippen LogP contribution in [0.4, 0.5) is 17.1 Å². The van der Waals surface area contributed by atoms with Crippen LogP contribution in [0.5, 0.6) is 0 Å². The van der Waals surface area contributed by atoms with E-state index in [1.807, 2.05) is 0 Å². The zero-order valence-corrected chi connectivity index (χ0v) is 33.7. The fraction of sp³-hybridized carbons (Fsp3) is 0.123. The molecule has 0 unspecified atom stereocenters. The van der Waals surface area contributed by atoms with E-state index in [-0.39, 0.29) is 5.41 Å². The van der Waals surface area contributed by atoms with Crippen LogP contribution in [0, 0.1) is 0 Å². The molecule has 3 aliphatic carbocycles. The first-order valence-electron chi connectivity index (χ1n) is 21.1. The molecule has 284 valence electrons. The average molecular weight is 759 g/mol. The molecule has 0 saturated carbocycles. The number of rotatable bonds is 7. The van der Waals surface area contributed by atoms with Crippen LogP contribution >= 0.6 is 0 Å². The molecule has 3 aliphatic rings. The molecule has 2 nitrogen and oxygen atoms in total. The van der Waals surface area contributed by atoms with Gasteiger partial charge in [-0.15, -0.1) is 0 Å². The summed E-state index contributed by atoms with van der Waals surface area (Å²) in [6.07, 6.45) is 15.9. The topological polar surface area (TPSA) is 8.17 Å². The second kappa shape index (κ2) is 14.2. The normalized spacial score (nSPS) is 14.8. The number of nitrogens with zero attached hydrogens (tertiary/aromatic N) is 2. The maximum absolute atomic E-state index is 2.46. The molecule has 0 fully saturated rings. The zero-order valence-electron chi connectivity index (χ0n) is 33.7. The van der Waals surface area contributed by atoms with Crippen molar-refractivity contribution >= 4 is 39.6 Å². The summed E-state index contributed by atoms with van der Waals surface area (Å²) in [5, 5.41) is 1.36. The summed E-state index contributed by atoms with van der Waals surface area (Å²) in [5.41, 5.74) is 21.3. The first-order valence-corrected chi connectivity index (χ1v) is 21.1. The van der Waals surface area contributed by atoms with E-state index in [9.17, 15) is 0 Å². The smallest absolute Gasteiger partial charge is 0.0537 e. The highest BCUT2D eigenvalue weighted by Gasteiger charge is 2.36. The number of anilines is 3. The molecule has 59 heavy (non-hydrogen) atoms. The van der Waals surface area contributed by atoms with Crippen LogP contribution < -0.4 is 4.90 Å². The van der Waals surface area contributed by atoms with Crippen LogP contribution in [0.1, 0.15) is 61.1 Å². The predicted octanol–water partition coefficient (Wildman–Crippen LogP) is 15.4. The number of aromatic nitrogens is 1. The molecule has 0 bridgehead atoms. The molecule has 0 N–H and O–H groups in total. The van der Waals surface area contributed by atoms with Crippen molar-refractivity contribution in [2.24, 2.45) is 0 Å². The van der Waals surface area contributed by atoms with Gasteiger partial charge >= 0.3 is 0 Å². The van der Waals surface area contributed by atoms with E-state index in [0.29, 0.717) is 0 Å². The van der Waals surface area contributed by atoms with E-state index in [2.05, 4.69) is 217 Å². The second-order valence-corrected chi connectivity index (χ2v) is 16.8. The molecule has 0 aliphatic heterocycles. The van der Waals surface area contributed by atoms with Gasteiger partial charge in [-0.1, -0.05) is 141 Å². The Bertz CT molecular complexity index is 2990. The van der Waals surface area contributed by atoms with Gasteiger partial charge < -0.3 is 9.47 Å². The maximum atomic E-state index is 2.46. The highest BCUT2D eigenvalue weighted by atomic mass is 15.1. The molecule has 7 aromatic carbocycles. The molecular weight excluding hydrogens is 713 g/mol. The van der Waals surface area contributed by atoms with E-state index in [1.165, 1.54) is 83.5 Å². The van der Waals surface area contributed by atoms with Crippen molar-refractivity contribution in [3.05, 3.63) is 216 Å². The van der Waals surface area contributed by atoms with Crippen LogP contribution in [-0.2, 0) is 11.8 Å². The monoisotopic (exact) mass is 758 g/mol. The number of benzene rings is 7. The van der Waals surface area contributed by atoms with Gasteiger partial charge in [-0.05, 0) is 154 Å². The van der Waals surface area contributed by atoms with Crippen molar-refractivity contribution in [3.8, 4) is 39.1 Å². The number of para-hydroxylation sites is 1. The summed E-state index contributed by atoms with van der Waals surface area (Å²) in [6.45, 7) is 4.79. The molecule has 1 heterocycles. The van der Waals surface area contributed by atoms with Gasteiger partial charge in [0.1, 0.15) is 0 Å². The molecule has 0 amide bonds. The summed E-state index contributed by atoms with van der Waals surface area (Å²) in [7, 11) is 0. The van der Waals surface area contributed by atoms with Crippen LogP contribution in [-0.4, -0.2) is 4.57 Å². The molecule has 1 aromatic heterocycles. The van der Waals surface area contributed by atoms with Gasteiger partial charge in [0, 0.05) is 39.2 Å². The maximum Gasteiger partial charge on any atom is 0.0537 e. The lowest BCUT2D eigenvalue weighted by Gasteiger charge is -2.28. The van der Waals surface area contributed by atoms with E-state index < -0.39 is 0 Å². The Morgan fingerprint density at radius 2 is 1.12 bits per heavy atom. The molecule has 0 spiro atoms. The largest absolute Gasteiger partial charge is 0.310 e. The van der Waals surface area contributed by atoms with Crippen molar-refractivity contribution in [2.45, 2.75) is 44.9 Å². The van der Waals surface area contributed by atoms with Crippen LogP contribution in [0.2, 0.25) is 0 Å². The molecule has 8 aromatic rings. The third-order valence-corrected chi connectivity index (χ3v) is 12.9. The number of fused-ring (bicyclic) bond motifs is 6. The lowest BCUT2D eigenvalue weighted by Crippen LogP contribution is -2.16. The minimum atomic E-state index is -0.193. The summed E-state index contributed by atoms with van der Waals surface area (Å²) >= 11 is 0. The Labute approximate surface area is 347 Å². The molecule has 2 heteroatoms. The second-order valence-electron chi connectivity index (χ2n) is 16.8. The van der Waals surface area contributed by atoms with Gasteiger partial charge in [0.2, 0.25) is 0 Å².